The van der Waals surface area contributed by atoms with E-state index in [0.717, 1.165) is 25.7 Å². The van der Waals surface area contributed by atoms with E-state index < -0.39 is 5.54 Å². The van der Waals surface area contributed by atoms with Gasteiger partial charge in [0.15, 0.2) is 0 Å². The molecule has 6 nitrogen and oxygen atoms in total. The highest BCUT2D eigenvalue weighted by molar-refractivity contribution is 5.86. The molecule has 2 N–H and O–H groups in total. The van der Waals surface area contributed by atoms with Crippen LogP contribution in [0.1, 0.15) is 39.0 Å². The summed E-state index contributed by atoms with van der Waals surface area (Å²) in [5.41, 5.74) is 5.60. The molecule has 20 heavy (non-hydrogen) atoms. The van der Waals surface area contributed by atoms with Crippen molar-refractivity contribution in [2.24, 2.45) is 5.73 Å². The average molecular weight is 283 g/mol. The molecule has 2 rings (SSSR count). The smallest absolute Gasteiger partial charge is 0.409 e. The first-order valence-corrected chi connectivity index (χ1v) is 7.57. The number of ether oxygens (including phenoxy) is 1. The molecule has 2 fully saturated rings. The predicted octanol–water partition coefficient (Wildman–Crippen LogP) is 0.949. The van der Waals surface area contributed by atoms with Crippen molar-refractivity contribution in [1.82, 2.24) is 9.80 Å². The Hall–Kier alpha value is -1.30. The summed E-state index contributed by atoms with van der Waals surface area (Å²) in [6.07, 6.45) is 4.51. The fourth-order valence-corrected chi connectivity index (χ4v) is 3.02. The number of amides is 2. The standard InChI is InChI=1S/C14H25N3O3/c1-2-20-13(19)17-10-8-16(9-11-17)12(18)14(15)6-4-3-5-7-14/h2-11,15H2,1H3. The molecule has 0 radical (unpaired) electrons. The summed E-state index contributed by atoms with van der Waals surface area (Å²) in [4.78, 5) is 27.6. The molecular weight excluding hydrogens is 258 g/mol. The Labute approximate surface area is 120 Å². The third kappa shape index (κ3) is 3.23. The van der Waals surface area contributed by atoms with E-state index in [9.17, 15) is 9.59 Å². The van der Waals surface area contributed by atoms with Crippen LogP contribution in [0.15, 0.2) is 0 Å². The van der Waals surface area contributed by atoms with Gasteiger partial charge >= 0.3 is 6.09 Å². The zero-order chi connectivity index (χ0) is 14.6. The van der Waals surface area contributed by atoms with Crippen LogP contribution >= 0.6 is 0 Å². The van der Waals surface area contributed by atoms with E-state index in [4.69, 9.17) is 10.5 Å². The van der Waals surface area contributed by atoms with Gasteiger partial charge in [0.05, 0.1) is 12.1 Å². The van der Waals surface area contributed by atoms with Crippen molar-refractivity contribution in [3.63, 3.8) is 0 Å². The second kappa shape index (κ2) is 6.43. The molecule has 0 bridgehead atoms. The quantitative estimate of drug-likeness (QED) is 0.818. The van der Waals surface area contributed by atoms with Crippen LogP contribution in [0.4, 0.5) is 4.79 Å². The average Bonchev–Trinajstić information content (AvgIpc) is 2.48. The molecule has 0 aromatic rings. The summed E-state index contributed by atoms with van der Waals surface area (Å²) in [5, 5.41) is 0. The maximum Gasteiger partial charge on any atom is 0.409 e. The highest BCUT2D eigenvalue weighted by Crippen LogP contribution is 2.28. The topological polar surface area (TPSA) is 75.9 Å². The second-order valence-corrected chi connectivity index (χ2v) is 5.69. The first kappa shape index (κ1) is 15.1. The van der Waals surface area contributed by atoms with E-state index >= 15 is 0 Å². The molecule has 0 aromatic heterocycles. The van der Waals surface area contributed by atoms with Crippen LogP contribution in [0.2, 0.25) is 0 Å². The maximum atomic E-state index is 12.5. The molecule has 1 saturated carbocycles. The van der Waals surface area contributed by atoms with Gasteiger partial charge in [-0.15, -0.1) is 0 Å². The van der Waals surface area contributed by atoms with Gasteiger partial charge in [0.25, 0.3) is 0 Å². The van der Waals surface area contributed by atoms with Crippen molar-refractivity contribution in [3.05, 3.63) is 0 Å². The fourth-order valence-electron chi connectivity index (χ4n) is 3.02. The number of nitrogens with two attached hydrogens (primary N) is 1. The number of nitrogens with zero attached hydrogens (tertiary/aromatic N) is 2. The minimum absolute atomic E-state index is 0.0562. The lowest BCUT2D eigenvalue weighted by Gasteiger charge is -2.40. The third-order valence-corrected chi connectivity index (χ3v) is 4.26. The van der Waals surface area contributed by atoms with Crippen LogP contribution in [-0.4, -0.2) is 60.1 Å². The van der Waals surface area contributed by atoms with Gasteiger partial charge in [0.1, 0.15) is 0 Å². The highest BCUT2D eigenvalue weighted by Gasteiger charge is 2.39. The van der Waals surface area contributed by atoms with Crippen LogP contribution in [0.5, 0.6) is 0 Å². The minimum Gasteiger partial charge on any atom is -0.450 e. The van der Waals surface area contributed by atoms with Crippen LogP contribution in [0.25, 0.3) is 0 Å². The molecule has 2 amide bonds. The van der Waals surface area contributed by atoms with Crippen molar-refractivity contribution >= 4 is 12.0 Å². The second-order valence-electron chi connectivity index (χ2n) is 5.69. The summed E-state index contributed by atoms with van der Waals surface area (Å²) in [6, 6.07) is 0. The molecule has 0 spiro atoms. The van der Waals surface area contributed by atoms with Crippen molar-refractivity contribution < 1.29 is 14.3 Å². The van der Waals surface area contributed by atoms with Crippen molar-refractivity contribution in [3.8, 4) is 0 Å². The van der Waals surface area contributed by atoms with Crippen molar-refractivity contribution in [1.29, 1.82) is 0 Å². The lowest BCUT2D eigenvalue weighted by Crippen LogP contribution is -2.60. The number of hydrogen-bond donors (Lipinski definition) is 1. The van der Waals surface area contributed by atoms with Crippen LogP contribution in [0, 0.1) is 0 Å². The van der Waals surface area contributed by atoms with Gasteiger partial charge in [0.2, 0.25) is 5.91 Å². The monoisotopic (exact) mass is 283 g/mol. The van der Waals surface area contributed by atoms with Crippen LogP contribution in [0.3, 0.4) is 0 Å². The molecule has 1 saturated heterocycles. The highest BCUT2D eigenvalue weighted by atomic mass is 16.6. The lowest BCUT2D eigenvalue weighted by atomic mass is 9.81. The zero-order valence-corrected chi connectivity index (χ0v) is 12.3. The fraction of sp³-hybridized carbons (Fsp3) is 0.857. The molecule has 1 heterocycles. The van der Waals surface area contributed by atoms with Crippen LogP contribution < -0.4 is 5.73 Å². The van der Waals surface area contributed by atoms with E-state index in [1.165, 1.54) is 6.42 Å². The summed E-state index contributed by atoms with van der Waals surface area (Å²) >= 11 is 0. The van der Waals surface area contributed by atoms with Gasteiger partial charge in [-0.2, -0.15) is 0 Å². The number of hydrogen-bond acceptors (Lipinski definition) is 4. The summed E-state index contributed by atoms with van der Waals surface area (Å²) in [7, 11) is 0. The number of carbonyl (C=O) groups excluding carboxylic acids is 2. The van der Waals surface area contributed by atoms with E-state index in [1.807, 2.05) is 0 Å². The number of piperazine rings is 1. The molecule has 1 aliphatic heterocycles. The molecule has 0 atom stereocenters. The van der Waals surface area contributed by atoms with E-state index in [1.54, 1.807) is 16.7 Å². The molecular formula is C14H25N3O3. The largest absolute Gasteiger partial charge is 0.450 e. The van der Waals surface area contributed by atoms with Gasteiger partial charge in [-0.1, -0.05) is 19.3 Å². The molecule has 2 aliphatic rings. The van der Waals surface area contributed by atoms with Gasteiger partial charge in [-0.05, 0) is 19.8 Å². The Morgan fingerprint density at radius 3 is 2.15 bits per heavy atom. The molecule has 6 heteroatoms. The van der Waals surface area contributed by atoms with E-state index in [-0.39, 0.29) is 12.0 Å². The van der Waals surface area contributed by atoms with E-state index in [0.29, 0.717) is 32.8 Å². The Morgan fingerprint density at radius 2 is 1.60 bits per heavy atom. The number of rotatable bonds is 2. The first-order chi connectivity index (χ1) is 9.57. The summed E-state index contributed by atoms with van der Waals surface area (Å²) in [5.74, 6) is 0.0562. The van der Waals surface area contributed by atoms with Gasteiger partial charge in [0, 0.05) is 26.2 Å². The Kier molecular flexibility index (Phi) is 4.86. The zero-order valence-electron chi connectivity index (χ0n) is 12.3. The van der Waals surface area contributed by atoms with E-state index in [2.05, 4.69) is 0 Å². The minimum atomic E-state index is -0.676. The van der Waals surface area contributed by atoms with Gasteiger partial charge < -0.3 is 20.3 Å². The van der Waals surface area contributed by atoms with Crippen molar-refractivity contribution in [2.45, 2.75) is 44.6 Å². The SMILES string of the molecule is CCOC(=O)N1CCN(C(=O)C2(N)CCCCC2)CC1. The lowest BCUT2D eigenvalue weighted by molar-refractivity contribution is -0.139. The third-order valence-electron chi connectivity index (χ3n) is 4.26. The maximum absolute atomic E-state index is 12.5. The molecule has 0 unspecified atom stereocenters. The Bertz CT molecular complexity index is 359. The predicted molar refractivity (Wildman–Crippen MR) is 75.2 cm³/mol. The van der Waals surface area contributed by atoms with Gasteiger partial charge in [-0.3, -0.25) is 4.79 Å². The molecule has 1 aliphatic carbocycles. The number of carbonyl (C=O) groups is 2. The van der Waals surface area contributed by atoms with Gasteiger partial charge in [-0.25, -0.2) is 4.79 Å². The Balaban J connectivity index is 1.87. The normalized spacial score (nSPS) is 22.5. The first-order valence-electron chi connectivity index (χ1n) is 7.57. The Morgan fingerprint density at radius 1 is 1.05 bits per heavy atom. The summed E-state index contributed by atoms with van der Waals surface area (Å²) in [6.45, 7) is 4.33. The van der Waals surface area contributed by atoms with Crippen molar-refractivity contribution in [2.75, 3.05) is 32.8 Å². The molecule has 114 valence electrons. The summed E-state index contributed by atoms with van der Waals surface area (Å²) < 4.78 is 4.97. The molecule has 0 aromatic carbocycles. The van der Waals surface area contributed by atoms with Crippen LogP contribution in [-0.2, 0) is 9.53 Å².